The van der Waals surface area contributed by atoms with Crippen LogP contribution < -0.4 is 5.32 Å². The second-order valence-corrected chi connectivity index (χ2v) is 8.51. The molecule has 0 unspecified atom stereocenters. The number of aryl methyl sites for hydroxylation is 1. The number of imidazole rings is 1. The van der Waals surface area contributed by atoms with Crippen molar-refractivity contribution < 1.29 is 8.42 Å². The molecule has 1 heterocycles. The van der Waals surface area contributed by atoms with E-state index < -0.39 is 9.84 Å². The Labute approximate surface area is 122 Å². The first kappa shape index (κ1) is 17.2. The molecule has 1 aromatic heterocycles. The van der Waals surface area contributed by atoms with Crippen molar-refractivity contribution in [2.45, 2.75) is 59.7 Å². The molecular formula is C14H27N3O2S. The number of rotatable bonds is 7. The maximum absolute atomic E-state index is 11.8. The van der Waals surface area contributed by atoms with Crippen molar-refractivity contribution in [2.24, 2.45) is 0 Å². The van der Waals surface area contributed by atoms with Gasteiger partial charge in [-0.15, -0.1) is 0 Å². The van der Waals surface area contributed by atoms with E-state index in [0.717, 1.165) is 11.5 Å². The molecule has 0 aliphatic rings. The van der Waals surface area contributed by atoms with E-state index in [4.69, 9.17) is 0 Å². The van der Waals surface area contributed by atoms with Crippen LogP contribution in [0.5, 0.6) is 0 Å². The zero-order chi connectivity index (χ0) is 15.4. The average molecular weight is 301 g/mol. The first-order valence-corrected chi connectivity index (χ1v) is 8.93. The van der Waals surface area contributed by atoms with Crippen LogP contribution in [0, 0.1) is 6.92 Å². The lowest BCUT2D eigenvalue weighted by Crippen LogP contribution is -2.35. The van der Waals surface area contributed by atoms with Crippen LogP contribution in [0.25, 0.3) is 0 Å². The second kappa shape index (κ2) is 6.72. The summed E-state index contributed by atoms with van der Waals surface area (Å²) in [6, 6.07) is 0. The molecule has 20 heavy (non-hydrogen) atoms. The van der Waals surface area contributed by atoms with Crippen LogP contribution in [-0.4, -0.2) is 35.0 Å². The molecule has 0 radical (unpaired) electrons. The Morgan fingerprint density at radius 2 is 1.95 bits per heavy atom. The number of nitrogens with zero attached hydrogens (tertiary/aromatic N) is 2. The normalized spacial score (nSPS) is 12.8. The predicted octanol–water partition coefficient (Wildman–Crippen LogP) is 1.90. The van der Waals surface area contributed by atoms with E-state index in [1.165, 1.54) is 0 Å². The Bertz CT molecular complexity index is 527. The topological polar surface area (TPSA) is 64.0 Å². The lowest BCUT2D eigenvalue weighted by Gasteiger charge is -2.21. The van der Waals surface area contributed by atoms with Crippen molar-refractivity contribution in [1.82, 2.24) is 14.9 Å². The van der Waals surface area contributed by atoms with E-state index in [1.54, 1.807) is 0 Å². The molecule has 0 aromatic carbocycles. The van der Waals surface area contributed by atoms with Crippen molar-refractivity contribution in [3.63, 3.8) is 0 Å². The molecule has 0 fully saturated rings. The fourth-order valence-electron chi connectivity index (χ4n) is 1.96. The predicted molar refractivity (Wildman–Crippen MR) is 82.5 cm³/mol. The molecule has 6 heteroatoms. The molecule has 0 amide bonds. The maximum atomic E-state index is 11.8. The van der Waals surface area contributed by atoms with Crippen molar-refractivity contribution >= 4 is 9.84 Å². The van der Waals surface area contributed by atoms with Gasteiger partial charge in [0, 0.05) is 30.6 Å². The van der Waals surface area contributed by atoms with E-state index in [-0.39, 0.29) is 17.0 Å². The van der Waals surface area contributed by atoms with E-state index in [9.17, 15) is 8.42 Å². The SMILES string of the molecule is CCCS(=O)(=O)CCn1c(CNC(C)(C)C)cnc1C. The summed E-state index contributed by atoms with van der Waals surface area (Å²) in [7, 11) is -2.95. The van der Waals surface area contributed by atoms with Crippen molar-refractivity contribution in [3.05, 3.63) is 17.7 Å². The highest BCUT2D eigenvalue weighted by atomic mass is 32.2. The lowest BCUT2D eigenvalue weighted by molar-refractivity contribution is 0.415. The summed E-state index contributed by atoms with van der Waals surface area (Å²) < 4.78 is 25.6. The second-order valence-electron chi connectivity index (χ2n) is 6.20. The summed E-state index contributed by atoms with van der Waals surface area (Å²) in [6.45, 7) is 11.3. The van der Waals surface area contributed by atoms with Gasteiger partial charge in [0.1, 0.15) is 5.82 Å². The Morgan fingerprint density at radius 3 is 2.50 bits per heavy atom. The third kappa shape index (κ3) is 5.63. The fraction of sp³-hybridized carbons (Fsp3) is 0.786. The van der Waals surface area contributed by atoms with E-state index in [1.807, 2.05) is 24.6 Å². The average Bonchev–Trinajstić information content (AvgIpc) is 2.64. The first-order valence-electron chi connectivity index (χ1n) is 7.11. The van der Waals surface area contributed by atoms with Gasteiger partial charge < -0.3 is 9.88 Å². The van der Waals surface area contributed by atoms with Crippen molar-refractivity contribution in [1.29, 1.82) is 0 Å². The van der Waals surface area contributed by atoms with Gasteiger partial charge >= 0.3 is 0 Å². The van der Waals surface area contributed by atoms with Crippen LogP contribution >= 0.6 is 0 Å². The van der Waals surface area contributed by atoms with Gasteiger partial charge in [0.25, 0.3) is 0 Å². The summed E-state index contributed by atoms with van der Waals surface area (Å²) in [6.07, 6.45) is 2.49. The summed E-state index contributed by atoms with van der Waals surface area (Å²) in [4.78, 5) is 4.29. The van der Waals surface area contributed by atoms with Gasteiger partial charge in [-0.2, -0.15) is 0 Å². The number of nitrogens with one attached hydrogen (secondary N) is 1. The quantitative estimate of drug-likeness (QED) is 0.835. The number of sulfone groups is 1. The van der Waals surface area contributed by atoms with Crippen LogP contribution in [0.1, 0.15) is 45.6 Å². The smallest absolute Gasteiger partial charge is 0.152 e. The highest BCUT2D eigenvalue weighted by Crippen LogP contribution is 2.09. The first-order chi connectivity index (χ1) is 9.14. The van der Waals surface area contributed by atoms with Crippen LogP contribution in [0.3, 0.4) is 0 Å². The molecule has 116 valence electrons. The number of aromatic nitrogens is 2. The Kier molecular flexibility index (Phi) is 5.77. The lowest BCUT2D eigenvalue weighted by atomic mass is 10.1. The van der Waals surface area contributed by atoms with Crippen LogP contribution in [0.4, 0.5) is 0 Å². The Balaban J connectivity index is 2.73. The highest BCUT2D eigenvalue weighted by molar-refractivity contribution is 7.91. The zero-order valence-electron chi connectivity index (χ0n) is 13.2. The fourth-order valence-corrected chi connectivity index (χ4v) is 3.25. The minimum Gasteiger partial charge on any atom is -0.330 e. The van der Waals surface area contributed by atoms with Gasteiger partial charge in [0.2, 0.25) is 0 Å². The molecule has 1 aromatic rings. The third-order valence-electron chi connectivity index (χ3n) is 3.08. The standard InChI is InChI=1S/C14H27N3O2S/c1-6-8-20(18,19)9-7-17-12(2)15-10-13(17)11-16-14(3,4)5/h10,16H,6-9,11H2,1-5H3. The minimum absolute atomic E-state index is 0.0251. The molecular weight excluding hydrogens is 274 g/mol. The summed E-state index contributed by atoms with van der Waals surface area (Å²) >= 11 is 0. The molecule has 0 bridgehead atoms. The van der Waals surface area contributed by atoms with Gasteiger partial charge in [-0.3, -0.25) is 0 Å². The highest BCUT2D eigenvalue weighted by Gasteiger charge is 2.15. The molecule has 0 atom stereocenters. The van der Waals surface area contributed by atoms with Gasteiger partial charge in [-0.25, -0.2) is 13.4 Å². The van der Waals surface area contributed by atoms with E-state index in [2.05, 4.69) is 31.1 Å². The molecule has 5 nitrogen and oxygen atoms in total. The monoisotopic (exact) mass is 301 g/mol. The molecule has 1 rings (SSSR count). The van der Waals surface area contributed by atoms with Gasteiger partial charge in [-0.05, 0) is 34.1 Å². The van der Waals surface area contributed by atoms with Crippen molar-refractivity contribution in [2.75, 3.05) is 11.5 Å². The zero-order valence-corrected chi connectivity index (χ0v) is 14.0. The Morgan fingerprint density at radius 1 is 1.30 bits per heavy atom. The van der Waals surface area contributed by atoms with Gasteiger partial charge in [0.15, 0.2) is 9.84 Å². The molecule has 1 N–H and O–H groups in total. The molecule has 0 saturated heterocycles. The molecule has 0 aliphatic carbocycles. The van der Waals surface area contributed by atoms with Gasteiger partial charge in [0.05, 0.1) is 11.4 Å². The van der Waals surface area contributed by atoms with E-state index >= 15 is 0 Å². The largest absolute Gasteiger partial charge is 0.330 e. The van der Waals surface area contributed by atoms with Gasteiger partial charge in [-0.1, -0.05) is 6.92 Å². The summed E-state index contributed by atoms with van der Waals surface area (Å²) in [5.41, 5.74) is 1.06. The maximum Gasteiger partial charge on any atom is 0.152 e. The molecule has 0 aliphatic heterocycles. The summed E-state index contributed by atoms with van der Waals surface area (Å²) in [5.74, 6) is 1.30. The Hall–Kier alpha value is -0.880. The minimum atomic E-state index is -2.95. The summed E-state index contributed by atoms with van der Waals surface area (Å²) in [5, 5.41) is 3.40. The van der Waals surface area contributed by atoms with Crippen molar-refractivity contribution in [3.8, 4) is 0 Å². The van der Waals surface area contributed by atoms with E-state index in [0.29, 0.717) is 19.5 Å². The third-order valence-corrected chi connectivity index (χ3v) is 4.91. The van der Waals surface area contributed by atoms with Crippen LogP contribution in [0.2, 0.25) is 0 Å². The molecule has 0 saturated carbocycles. The number of hydrogen-bond donors (Lipinski definition) is 1. The van der Waals surface area contributed by atoms with Crippen LogP contribution in [-0.2, 0) is 22.9 Å². The number of hydrogen-bond acceptors (Lipinski definition) is 4. The van der Waals surface area contributed by atoms with Crippen LogP contribution in [0.15, 0.2) is 6.20 Å². The molecule has 0 spiro atoms.